The van der Waals surface area contributed by atoms with Gasteiger partial charge in [-0.1, -0.05) is 17.7 Å². The van der Waals surface area contributed by atoms with Crippen LogP contribution in [0.15, 0.2) is 47.1 Å². The highest BCUT2D eigenvalue weighted by atomic mass is 79.9. The van der Waals surface area contributed by atoms with E-state index in [4.69, 9.17) is 21.1 Å². The predicted octanol–water partition coefficient (Wildman–Crippen LogP) is 4.86. The predicted molar refractivity (Wildman–Crippen MR) is 136 cm³/mol. The zero-order valence-corrected chi connectivity index (χ0v) is 22.7. The zero-order valence-electron chi connectivity index (χ0n) is 18.8. The Kier molecular flexibility index (Phi) is 7.42. The molecule has 7 nitrogen and oxygen atoms in total. The number of hydrogen-bond donors (Lipinski definition) is 0. The van der Waals surface area contributed by atoms with Gasteiger partial charge in [-0.3, -0.25) is 4.79 Å². The molecule has 4 rings (SSSR count). The number of halogens is 3. The summed E-state index contributed by atoms with van der Waals surface area (Å²) in [7, 11) is -1.12. The Bertz CT molecular complexity index is 1380. The van der Waals surface area contributed by atoms with E-state index < -0.39 is 33.0 Å². The highest BCUT2D eigenvalue weighted by molar-refractivity contribution is 9.10. The van der Waals surface area contributed by atoms with E-state index in [1.807, 2.05) is 6.07 Å². The fourth-order valence-corrected chi connectivity index (χ4v) is 7.04. The first kappa shape index (κ1) is 25.9. The second kappa shape index (κ2) is 10.0. The van der Waals surface area contributed by atoms with Gasteiger partial charge in [-0.15, -0.1) is 11.3 Å². The second-order valence-corrected chi connectivity index (χ2v) is 12.6. The van der Waals surface area contributed by atoms with Gasteiger partial charge >= 0.3 is 0 Å². The lowest BCUT2D eigenvalue weighted by Gasteiger charge is -2.35. The lowest BCUT2D eigenvalue weighted by Crippen LogP contribution is -2.53. The molecule has 1 atom stereocenters. The van der Waals surface area contributed by atoms with Gasteiger partial charge in [-0.05, 0) is 45.8 Å². The third-order valence-corrected chi connectivity index (χ3v) is 10.2. The molecule has 35 heavy (non-hydrogen) atoms. The van der Waals surface area contributed by atoms with Crippen LogP contribution in [-0.2, 0) is 21.3 Å². The van der Waals surface area contributed by atoms with Crippen LogP contribution in [0.1, 0.15) is 25.8 Å². The number of sulfone groups is 1. The van der Waals surface area contributed by atoms with Crippen molar-refractivity contribution in [1.82, 2.24) is 9.88 Å². The van der Waals surface area contributed by atoms with Crippen LogP contribution in [0.4, 0.5) is 4.39 Å². The molecule has 0 unspecified atom stereocenters. The van der Waals surface area contributed by atoms with E-state index in [0.29, 0.717) is 32.3 Å². The normalized spacial score (nSPS) is 19.4. The van der Waals surface area contributed by atoms with Gasteiger partial charge in [0.05, 0.1) is 31.5 Å². The topological polar surface area (TPSA) is 85.8 Å². The fraction of sp³-hybridized carbons (Fsp3) is 0.304. The number of benzene rings is 2. The van der Waals surface area contributed by atoms with E-state index in [2.05, 4.69) is 20.9 Å². The molecule has 2 heterocycles. The highest BCUT2D eigenvalue weighted by Gasteiger charge is 2.53. The second-order valence-electron chi connectivity index (χ2n) is 7.89. The van der Waals surface area contributed by atoms with Gasteiger partial charge in [-0.2, -0.15) is 0 Å². The van der Waals surface area contributed by atoms with Crippen molar-refractivity contribution in [2.75, 3.05) is 33.1 Å². The maximum Gasteiger partial charge on any atom is 0.278 e. The van der Waals surface area contributed by atoms with Crippen molar-refractivity contribution in [2.45, 2.75) is 11.4 Å². The Morgan fingerprint density at radius 2 is 2.03 bits per heavy atom. The lowest BCUT2D eigenvalue weighted by molar-refractivity contribution is 0.0666. The van der Waals surface area contributed by atoms with Crippen molar-refractivity contribution >= 4 is 54.6 Å². The molecular formula is C23H21BrClFN2O5S2. The molecule has 1 aromatic heterocycles. The van der Waals surface area contributed by atoms with Crippen molar-refractivity contribution in [3.05, 3.63) is 73.1 Å². The summed E-state index contributed by atoms with van der Waals surface area (Å²) in [6.07, 6.45) is 1.82. The van der Waals surface area contributed by atoms with Gasteiger partial charge in [0.25, 0.3) is 10.9 Å². The average molecular weight is 604 g/mol. The molecule has 0 radical (unpaired) electrons. The third-order valence-electron chi connectivity index (χ3n) is 5.70. The van der Waals surface area contributed by atoms with Gasteiger partial charge < -0.3 is 14.4 Å². The lowest BCUT2D eigenvalue weighted by atomic mass is 10.1. The molecule has 12 heteroatoms. The van der Waals surface area contributed by atoms with Crippen molar-refractivity contribution in [2.24, 2.45) is 0 Å². The van der Waals surface area contributed by atoms with Crippen molar-refractivity contribution in [3.8, 4) is 11.5 Å². The summed E-state index contributed by atoms with van der Waals surface area (Å²) in [5.74, 6) is 0.199. The molecule has 1 aliphatic rings. The van der Waals surface area contributed by atoms with E-state index in [0.717, 1.165) is 16.9 Å². The SMILES string of the molecule is COc1ccc(Cc2cnc([C@]3(F)CN(C(=O)c4ccc(Br)c(Cl)c4)CCS3(=O)=O)s2)c(OC)c1. The number of aromatic nitrogens is 1. The number of ether oxygens (including phenoxy) is 2. The number of methoxy groups -OCH3 is 2. The molecule has 1 amide bonds. The van der Waals surface area contributed by atoms with E-state index >= 15 is 4.39 Å². The van der Waals surface area contributed by atoms with Crippen LogP contribution in [0.25, 0.3) is 0 Å². The molecule has 2 aromatic carbocycles. The number of hydrogen-bond acceptors (Lipinski definition) is 7. The first-order valence-corrected chi connectivity index (χ1v) is 14.0. The molecule has 0 aliphatic carbocycles. The van der Waals surface area contributed by atoms with Crippen molar-refractivity contribution < 1.29 is 27.1 Å². The van der Waals surface area contributed by atoms with Crippen LogP contribution in [0, 0.1) is 0 Å². The first-order valence-electron chi connectivity index (χ1n) is 10.4. The van der Waals surface area contributed by atoms with Crippen LogP contribution < -0.4 is 9.47 Å². The number of amides is 1. The summed E-state index contributed by atoms with van der Waals surface area (Å²) in [4.78, 5) is 19.0. The van der Waals surface area contributed by atoms with Crippen LogP contribution in [-0.4, -0.2) is 57.3 Å². The van der Waals surface area contributed by atoms with Gasteiger partial charge in [0.15, 0.2) is 9.84 Å². The summed E-state index contributed by atoms with van der Waals surface area (Å²) in [6.45, 7) is -0.775. The molecule has 0 saturated carbocycles. The zero-order chi connectivity index (χ0) is 25.4. The van der Waals surface area contributed by atoms with Crippen molar-refractivity contribution in [3.63, 3.8) is 0 Å². The van der Waals surface area contributed by atoms with E-state index in [-0.39, 0.29) is 17.1 Å². The quantitative estimate of drug-likeness (QED) is 0.400. The average Bonchev–Trinajstić information content (AvgIpc) is 3.31. The minimum Gasteiger partial charge on any atom is -0.497 e. The summed E-state index contributed by atoms with van der Waals surface area (Å²) in [5.41, 5.74) is 1.05. The summed E-state index contributed by atoms with van der Waals surface area (Å²) >= 11 is 10.3. The summed E-state index contributed by atoms with van der Waals surface area (Å²) < 4.78 is 53.1. The number of carbonyl (C=O) groups is 1. The third kappa shape index (κ3) is 5.04. The number of nitrogens with zero attached hydrogens (tertiary/aromatic N) is 2. The minimum absolute atomic E-state index is 0.123. The Hall–Kier alpha value is -2.21. The van der Waals surface area contributed by atoms with Gasteiger partial charge in [0, 0.05) is 40.1 Å². The monoisotopic (exact) mass is 602 g/mol. The van der Waals surface area contributed by atoms with E-state index in [1.54, 1.807) is 31.4 Å². The minimum atomic E-state index is -4.21. The molecule has 1 saturated heterocycles. The molecule has 0 N–H and O–H groups in total. The molecule has 3 aromatic rings. The maximum atomic E-state index is 16.2. The number of alkyl halides is 1. The van der Waals surface area contributed by atoms with Gasteiger partial charge in [0.2, 0.25) is 0 Å². The Balaban J connectivity index is 1.60. The fourth-order valence-electron chi connectivity index (χ4n) is 3.75. The van der Waals surface area contributed by atoms with E-state index in [9.17, 15) is 13.2 Å². The van der Waals surface area contributed by atoms with Crippen molar-refractivity contribution in [1.29, 1.82) is 0 Å². The number of rotatable bonds is 6. The van der Waals surface area contributed by atoms with Crippen LogP contribution in [0.2, 0.25) is 5.02 Å². The Morgan fingerprint density at radius 1 is 1.26 bits per heavy atom. The molecule has 1 fully saturated rings. The molecular weight excluding hydrogens is 583 g/mol. The molecule has 0 spiro atoms. The van der Waals surface area contributed by atoms with Crippen LogP contribution >= 0.6 is 38.9 Å². The largest absolute Gasteiger partial charge is 0.497 e. The standard InChI is InChI=1S/C23H21BrClFN2O5S2/c1-32-16-5-3-14(20(11-16)33-2)9-17-12-27-22(34-17)23(26)13-28(7-8-35(23,30)31)21(29)15-4-6-18(24)19(25)10-15/h3-6,10-12H,7-9,13H2,1-2H3/t23-/m0/s1. The van der Waals surface area contributed by atoms with Gasteiger partial charge in [0.1, 0.15) is 16.5 Å². The first-order chi connectivity index (χ1) is 16.6. The van der Waals surface area contributed by atoms with Crippen LogP contribution in [0.5, 0.6) is 11.5 Å². The molecule has 186 valence electrons. The Morgan fingerprint density at radius 3 is 2.71 bits per heavy atom. The molecule has 1 aliphatic heterocycles. The summed E-state index contributed by atoms with van der Waals surface area (Å²) in [5, 5.41) is -2.69. The van der Waals surface area contributed by atoms with Gasteiger partial charge in [-0.25, -0.2) is 17.8 Å². The Labute approximate surface area is 219 Å². The van der Waals surface area contributed by atoms with Crippen LogP contribution in [0.3, 0.4) is 0 Å². The maximum absolute atomic E-state index is 16.2. The summed E-state index contributed by atoms with van der Waals surface area (Å²) in [6, 6.07) is 9.95. The molecule has 0 bridgehead atoms. The van der Waals surface area contributed by atoms with E-state index in [1.165, 1.54) is 24.3 Å². The number of carbonyl (C=O) groups excluding carboxylic acids is 1. The highest BCUT2D eigenvalue weighted by Crippen LogP contribution is 2.40. The smallest absolute Gasteiger partial charge is 0.278 e. The number of thiazole rings is 1.